The number of aryl methyl sites for hydroxylation is 2. The van der Waals surface area contributed by atoms with E-state index >= 15 is 0 Å². The molecule has 1 aromatic heterocycles. The van der Waals surface area contributed by atoms with Crippen LogP contribution >= 0.6 is 0 Å². The fourth-order valence-corrected chi connectivity index (χ4v) is 4.31. The third kappa shape index (κ3) is 3.21. The zero-order valence-electron chi connectivity index (χ0n) is 14.4. The molecule has 3 rings (SSSR count). The van der Waals surface area contributed by atoms with Crippen molar-refractivity contribution in [2.24, 2.45) is 7.05 Å². The number of hydrogen-bond acceptors (Lipinski definition) is 4. The summed E-state index contributed by atoms with van der Waals surface area (Å²) in [6.07, 6.45) is 7.65. The van der Waals surface area contributed by atoms with Gasteiger partial charge in [-0.25, -0.2) is 4.98 Å². The zero-order chi connectivity index (χ0) is 15.5. The van der Waals surface area contributed by atoms with Gasteiger partial charge in [0.25, 0.3) is 0 Å². The number of piperazine rings is 1. The highest BCUT2D eigenvalue weighted by Gasteiger charge is 2.31. The van der Waals surface area contributed by atoms with Crippen LogP contribution in [0.5, 0.6) is 0 Å². The number of likely N-dealkylation sites (N-methyl/N-ethyl adjacent to an activating group) is 1. The Morgan fingerprint density at radius 2 is 1.91 bits per heavy atom. The molecule has 1 aliphatic heterocycles. The van der Waals surface area contributed by atoms with Gasteiger partial charge in [0.05, 0.1) is 23.8 Å². The molecule has 1 atom stereocenters. The Labute approximate surface area is 134 Å². The SMILES string of the molecule is CNCC(c1c(C)ncn1C)N1CCN(C2CCCC2)CC1. The molecular weight excluding hydrogens is 274 g/mol. The molecular formula is C17H31N5. The minimum atomic E-state index is 0.434. The summed E-state index contributed by atoms with van der Waals surface area (Å²) in [4.78, 5) is 9.87. The molecule has 2 heterocycles. The van der Waals surface area contributed by atoms with Crippen molar-refractivity contribution in [1.29, 1.82) is 0 Å². The molecule has 2 aliphatic rings. The predicted octanol–water partition coefficient (Wildman–Crippen LogP) is 1.55. The maximum absolute atomic E-state index is 4.49. The van der Waals surface area contributed by atoms with Gasteiger partial charge in [-0.15, -0.1) is 0 Å². The van der Waals surface area contributed by atoms with Crippen LogP contribution in [0.25, 0.3) is 0 Å². The molecule has 1 N–H and O–H groups in total. The van der Waals surface area contributed by atoms with Gasteiger partial charge < -0.3 is 9.88 Å². The van der Waals surface area contributed by atoms with Crippen LogP contribution in [0.3, 0.4) is 0 Å². The van der Waals surface area contributed by atoms with Crippen LogP contribution in [0.4, 0.5) is 0 Å². The van der Waals surface area contributed by atoms with Crippen LogP contribution in [0.2, 0.25) is 0 Å². The largest absolute Gasteiger partial charge is 0.336 e. The summed E-state index contributed by atoms with van der Waals surface area (Å²) in [6.45, 7) is 7.92. The molecule has 5 heteroatoms. The summed E-state index contributed by atoms with van der Waals surface area (Å²) in [5.74, 6) is 0. The highest BCUT2D eigenvalue weighted by atomic mass is 15.3. The molecule has 22 heavy (non-hydrogen) atoms. The monoisotopic (exact) mass is 305 g/mol. The average molecular weight is 305 g/mol. The topological polar surface area (TPSA) is 36.3 Å². The molecule has 0 amide bonds. The second-order valence-electron chi connectivity index (χ2n) is 6.91. The van der Waals surface area contributed by atoms with E-state index in [0.29, 0.717) is 6.04 Å². The zero-order valence-corrected chi connectivity index (χ0v) is 14.4. The van der Waals surface area contributed by atoms with Crippen LogP contribution in [0, 0.1) is 6.92 Å². The summed E-state index contributed by atoms with van der Waals surface area (Å²) >= 11 is 0. The molecule has 124 valence electrons. The van der Waals surface area contributed by atoms with Crippen LogP contribution < -0.4 is 5.32 Å². The van der Waals surface area contributed by atoms with Gasteiger partial charge in [0.2, 0.25) is 0 Å². The van der Waals surface area contributed by atoms with Gasteiger partial charge in [0, 0.05) is 45.8 Å². The van der Waals surface area contributed by atoms with Gasteiger partial charge in [-0.2, -0.15) is 0 Å². The Kier molecular flexibility index (Phi) is 5.16. The van der Waals surface area contributed by atoms with Gasteiger partial charge in [-0.1, -0.05) is 12.8 Å². The van der Waals surface area contributed by atoms with E-state index < -0.39 is 0 Å². The molecule has 0 spiro atoms. The van der Waals surface area contributed by atoms with E-state index in [9.17, 15) is 0 Å². The lowest BCUT2D eigenvalue weighted by Gasteiger charge is -2.41. The quantitative estimate of drug-likeness (QED) is 0.895. The van der Waals surface area contributed by atoms with Crippen molar-refractivity contribution in [3.05, 3.63) is 17.7 Å². The first-order chi connectivity index (χ1) is 10.7. The Morgan fingerprint density at radius 1 is 1.23 bits per heavy atom. The summed E-state index contributed by atoms with van der Waals surface area (Å²) in [5, 5.41) is 3.38. The Bertz CT molecular complexity index is 450. The molecule has 1 saturated heterocycles. The van der Waals surface area contributed by atoms with Gasteiger partial charge in [-0.05, 0) is 26.8 Å². The molecule has 1 aromatic rings. The third-order valence-corrected chi connectivity index (χ3v) is 5.52. The normalized spacial score (nSPS) is 23.2. The number of rotatable bonds is 5. The van der Waals surface area contributed by atoms with Gasteiger partial charge >= 0.3 is 0 Å². The fourth-order valence-electron chi connectivity index (χ4n) is 4.31. The second kappa shape index (κ2) is 7.11. The van der Waals surface area contributed by atoms with Crippen molar-refractivity contribution < 1.29 is 0 Å². The first-order valence-electron chi connectivity index (χ1n) is 8.81. The molecule has 0 bridgehead atoms. The molecule has 1 aliphatic carbocycles. The van der Waals surface area contributed by atoms with E-state index in [1.165, 1.54) is 63.3 Å². The first-order valence-corrected chi connectivity index (χ1v) is 8.81. The van der Waals surface area contributed by atoms with Crippen molar-refractivity contribution >= 4 is 0 Å². The summed E-state index contributed by atoms with van der Waals surface area (Å²) in [5.41, 5.74) is 2.53. The predicted molar refractivity (Wildman–Crippen MR) is 90.0 cm³/mol. The van der Waals surface area contributed by atoms with Crippen molar-refractivity contribution in [2.75, 3.05) is 39.8 Å². The van der Waals surface area contributed by atoms with E-state index in [0.717, 1.165) is 12.6 Å². The van der Waals surface area contributed by atoms with Gasteiger partial charge in [0.1, 0.15) is 0 Å². The number of imidazole rings is 1. The van der Waals surface area contributed by atoms with Crippen molar-refractivity contribution in [3.63, 3.8) is 0 Å². The molecule has 1 unspecified atom stereocenters. The number of hydrogen-bond donors (Lipinski definition) is 1. The number of nitrogens with one attached hydrogen (secondary N) is 1. The minimum absolute atomic E-state index is 0.434. The van der Waals surface area contributed by atoms with Crippen LogP contribution in [-0.2, 0) is 7.05 Å². The molecule has 1 saturated carbocycles. The van der Waals surface area contributed by atoms with E-state index in [4.69, 9.17) is 0 Å². The van der Waals surface area contributed by atoms with Crippen molar-refractivity contribution in [1.82, 2.24) is 24.7 Å². The summed E-state index contributed by atoms with van der Waals surface area (Å²) in [6, 6.07) is 1.30. The Morgan fingerprint density at radius 3 is 2.45 bits per heavy atom. The first kappa shape index (κ1) is 16.0. The van der Waals surface area contributed by atoms with Crippen molar-refractivity contribution in [2.45, 2.75) is 44.7 Å². The molecule has 5 nitrogen and oxygen atoms in total. The number of aromatic nitrogens is 2. The summed E-state index contributed by atoms with van der Waals surface area (Å²) < 4.78 is 2.20. The lowest BCUT2D eigenvalue weighted by atomic mass is 10.1. The van der Waals surface area contributed by atoms with E-state index in [2.05, 4.69) is 38.6 Å². The molecule has 2 fully saturated rings. The number of nitrogens with zero attached hydrogens (tertiary/aromatic N) is 4. The average Bonchev–Trinajstić information content (AvgIpc) is 3.17. The molecule has 0 radical (unpaired) electrons. The van der Waals surface area contributed by atoms with E-state index in [-0.39, 0.29) is 0 Å². The van der Waals surface area contributed by atoms with E-state index in [1.807, 2.05) is 13.4 Å². The van der Waals surface area contributed by atoms with Crippen LogP contribution in [0.15, 0.2) is 6.33 Å². The Hall–Kier alpha value is -0.910. The summed E-state index contributed by atoms with van der Waals surface area (Å²) in [7, 11) is 4.17. The smallest absolute Gasteiger partial charge is 0.0949 e. The van der Waals surface area contributed by atoms with Gasteiger partial charge in [0.15, 0.2) is 0 Å². The van der Waals surface area contributed by atoms with Gasteiger partial charge in [-0.3, -0.25) is 9.80 Å². The maximum atomic E-state index is 4.49. The highest BCUT2D eigenvalue weighted by Crippen LogP contribution is 2.27. The fraction of sp³-hybridized carbons (Fsp3) is 0.824. The van der Waals surface area contributed by atoms with Crippen molar-refractivity contribution in [3.8, 4) is 0 Å². The Balaban J connectivity index is 1.66. The second-order valence-corrected chi connectivity index (χ2v) is 6.91. The standard InChI is InChI=1S/C17H31N5/c1-14-17(20(3)13-19-14)16(12-18-2)22-10-8-21(9-11-22)15-6-4-5-7-15/h13,15-16,18H,4-12H2,1-3H3. The van der Waals surface area contributed by atoms with Crippen LogP contribution in [-0.4, -0.2) is 65.2 Å². The lowest BCUT2D eigenvalue weighted by Crippen LogP contribution is -2.52. The minimum Gasteiger partial charge on any atom is -0.336 e. The molecule has 0 aromatic carbocycles. The maximum Gasteiger partial charge on any atom is 0.0949 e. The van der Waals surface area contributed by atoms with Crippen LogP contribution in [0.1, 0.15) is 43.1 Å². The third-order valence-electron chi connectivity index (χ3n) is 5.52. The highest BCUT2D eigenvalue weighted by molar-refractivity contribution is 5.17. The van der Waals surface area contributed by atoms with E-state index in [1.54, 1.807) is 0 Å². The lowest BCUT2D eigenvalue weighted by molar-refractivity contribution is 0.0679.